The van der Waals surface area contributed by atoms with Gasteiger partial charge in [-0.05, 0) is 44.0 Å². The number of halogens is 1. The normalized spacial score (nSPS) is 18.2. The first kappa shape index (κ1) is 16.1. The van der Waals surface area contributed by atoms with Crippen LogP contribution in [0.15, 0.2) is 24.3 Å². The van der Waals surface area contributed by atoms with E-state index < -0.39 is 0 Å². The Hall–Kier alpha value is -1.79. The minimum absolute atomic E-state index is 0.00936. The molecule has 2 aromatic rings. The number of rotatable bonds is 3. The van der Waals surface area contributed by atoms with Gasteiger partial charge in [0.1, 0.15) is 15.7 Å². The number of piperidine rings is 1. The Bertz CT molecular complexity index is 699. The maximum absolute atomic E-state index is 13.0. The molecule has 1 aliphatic heterocycles. The Morgan fingerprint density at radius 2 is 2.13 bits per heavy atom. The number of aryl methyl sites for hydroxylation is 1. The number of ether oxygens (including phenoxy) is 1. The van der Waals surface area contributed by atoms with E-state index in [1.807, 2.05) is 11.8 Å². The molecule has 1 atom stereocenters. The Kier molecular flexibility index (Phi) is 4.73. The summed E-state index contributed by atoms with van der Waals surface area (Å²) in [6, 6.07) is 6.18. The maximum atomic E-state index is 13.0. The third-order valence-electron chi connectivity index (χ3n) is 4.08. The van der Waals surface area contributed by atoms with Crippen LogP contribution in [0.3, 0.4) is 0 Å². The highest BCUT2D eigenvalue weighted by molar-refractivity contribution is 7.17. The van der Waals surface area contributed by atoms with Crippen LogP contribution in [0.2, 0.25) is 0 Å². The van der Waals surface area contributed by atoms with E-state index in [-0.39, 0.29) is 17.8 Å². The third kappa shape index (κ3) is 3.43. The van der Waals surface area contributed by atoms with E-state index in [0.717, 1.165) is 35.7 Å². The number of carbonyl (C=O) groups excluding carboxylic acids is 1. The molecule has 6 heteroatoms. The van der Waals surface area contributed by atoms with Crippen molar-refractivity contribution in [1.82, 2.24) is 9.88 Å². The number of aromatic nitrogens is 1. The molecule has 0 unspecified atom stereocenters. The number of amides is 1. The van der Waals surface area contributed by atoms with Crippen LogP contribution in [-0.2, 0) is 4.74 Å². The summed E-state index contributed by atoms with van der Waals surface area (Å²) >= 11 is 1.36. The van der Waals surface area contributed by atoms with Crippen LogP contribution in [0.4, 0.5) is 4.39 Å². The van der Waals surface area contributed by atoms with E-state index in [4.69, 9.17) is 4.74 Å². The number of thiazole rings is 1. The molecule has 1 amide bonds. The zero-order chi connectivity index (χ0) is 16.4. The predicted octanol–water partition coefficient (Wildman–Crippen LogP) is 3.51. The van der Waals surface area contributed by atoms with Gasteiger partial charge in [-0.2, -0.15) is 0 Å². The highest BCUT2D eigenvalue weighted by Crippen LogP contribution is 2.29. The van der Waals surface area contributed by atoms with Gasteiger partial charge in [-0.3, -0.25) is 4.79 Å². The largest absolute Gasteiger partial charge is 0.380 e. The van der Waals surface area contributed by atoms with Gasteiger partial charge >= 0.3 is 0 Å². The Balaban J connectivity index is 1.83. The standard InChI is InChI=1S/C17H19FN2O2S/c1-11-15(17(21)20-9-3-4-14(10-20)22-2)23-16(19-11)12-5-7-13(18)8-6-12/h5-8,14H,3-4,9-10H2,1-2H3/t14-/m1/s1. The Morgan fingerprint density at radius 1 is 1.39 bits per heavy atom. The quantitative estimate of drug-likeness (QED) is 0.863. The number of likely N-dealkylation sites (tertiary alicyclic amines) is 1. The van der Waals surface area contributed by atoms with Crippen LogP contribution in [0.25, 0.3) is 10.6 Å². The van der Waals surface area contributed by atoms with E-state index in [1.165, 1.54) is 23.5 Å². The second-order valence-corrected chi connectivity index (χ2v) is 6.69. The van der Waals surface area contributed by atoms with E-state index in [1.54, 1.807) is 19.2 Å². The molecule has 0 radical (unpaired) electrons. The van der Waals surface area contributed by atoms with Crippen molar-refractivity contribution in [2.75, 3.05) is 20.2 Å². The third-order valence-corrected chi connectivity index (χ3v) is 5.28. The number of carbonyl (C=O) groups is 1. The summed E-state index contributed by atoms with van der Waals surface area (Å²) < 4.78 is 18.4. The van der Waals surface area contributed by atoms with Gasteiger partial charge < -0.3 is 9.64 Å². The average molecular weight is 334 g/mol. The molecule has 23 heavy (non-hydrogen) atoms. The molecule has 1 aromatic heterocycles. The lowest BCUT2D eigenvalue weighted by atomic mass is 10.1. The van der Waals surface area contributed by atoms with Crippen molar-refractivity contribution in [1.29, 1.82) is 0 Å². The van der Waals surface area contributed by atoms with Crippen LogP contribution < -0.4 is 0 Å². The smallest absolute Gasteiger partial charge is 0.265 e. The fourth-order valence-electron chi connectivity index (χ4n) is 2.77. The highest BCUT2D eigenvalue weighted by atomic mass is 32.1. The van der Waals surface area contributed by atoms with Crippen molar-refractivity contribution in [3.05, 3.63) is 40.7 Å². The van der Waals surface area contributed by atoms with Gasteiger partial charge in [0.05, 0.1) is 11.8 Å². The number of methoxy groups -OCH3 is 1. The molecule has 1 aromatic carbocycles. The van der Waals surface area contributed by atoms with Crippen molar-refractivity contribution < 1.29 is 13.9 Å². The molecule has 0 aliphatic carbocycles. The second kappa shape index (κ2) is 6.76. The van der Waals surface area contributed by atoms with Crippen molar-refractivity contribution in [2.45, 2.75) is 25.9 Å². The average Bonchev–Trinajstić information content (AvgIpc) is 2.96. The van der Waals surface area contributed by atoms with Crippen molar-refractivity contribution >= 4 is 17.2 Å². The first-order valence-corrected chi connectivity index (χ1v) is 8.45. The minimum atomic E-state index is -0.280. The number of hydrogen-bond donors (Lipinski definition) is 0. The van der Waals surface area contributed by atoms with Gasteiger partial charge in [0.15, 0.2) is 0 Å². The number of nitrogens with zero attached hydrogens (tertiary/aromatic N) is 2. The zero-order valence-electron chi connectivity index (χ0n) is 13.2. The summed E-state index contributed by atoms with van der Waals surface area (Å²) in [5.41, 5.74) is 1.55. The Morgan fingerprint density at radius 3 is 2.83 bits per heavy atom. The number of benzene rings is 1. The molecule has 0 spiro atoms. The molecule has 1 fully saturated rings. The summed E-state index contributed by atoms with van der Waals surface area (Å²) in [5, 5.41) is 0.742. The van der Waals surface area contributed by atoms with Gasteiger partial charge in [-0.15, -0.1) is 11.3 Å². The van der Waals surface area contributed by atoms with E-state index in [9.17, 15) is 9.18 Å². The summed E-state index contributed by atoms with van der Waals surface area (Å²) in [7, 11) is 1.68. The Labute approximate surface area is 138 Å². The maximum Gasteiger partial charge on any atom is 0.265 e. The van der Waals surface area contributed by atoms with E-state index in [0.29, 0.717) is 11.4 Å². The van der Waals surface area contributed by atoms with Gasteiger partial charge in [0, 0.05) is 25.8 Å². The van der Waals surface area contributed by atoms with Crippen molar-refractivity contribution in [3.63, 3.8) is 0 Å². The summed E-state index contributed by atoms with van der Waals surface area (Å²) in [6.07, 6.45) is 2.05. The zero-order valence-corrected chi connectivity index (χ0v) is 14.0. The summed E-state index contributed by atoms with van der Waals surface area (Å²) in [4.78, 5) is 19.7. The molecule has 0 saturated carbocycles. The van der Waals surface area contributed by atoms with Crippen LogP contribution in [0.5, 0.6) is 0 Å². The fraction of sp³-hybridized carbons (Fsp3) is 0.412. The SMILES string of the molecule is CO[C@@H]1CCCN(C(=O)c2sc(-c3ccc(F)cc3)nc2C)C1. The molecular weight excluding hydrogens is 315 g/mol. The van der Waals surface area contributed by atoms with E-state index in [2.05, 4.69) is 4.98 Å². The lowest BCUT2D eigenvalue weighted by Crippen LogP contribution is -2.42. The van der Waals surface area contributed by atoms with Gasteiger partial charge in [0.2, 0.25) is 0 Å². The molecule has 0 bridgehead atoms. The van der Waals surface area contributed by atoms with E-state index >= 15 is 0 Å². The van der Waals surface area contributed by atoms with Crippen LogP contribution >= 0.6 is 11.3 Å². The molecule has 1 aliphatic rings. The molecule has 4 nitrogen and oxygen atoms in total. The van der Waals surface area contributed by atoms with Gasteiger partial charge in [0.25, 0.3) is 5.91 Å². The summed E-state index contributed by atoms with van der Waals surface area (Å²) in [6.45, 7) is 3.22. The molecule has 2 heterocycles. The fourth-order valence-corrected chi connectivity index (χ4v) is 3.81. The second-order valence-electron chi connectivity index (χ2n) is 5.69. The molecule has 0 N–H and O–H groups in total. The van der Waals surface area contributed by atoms with Gasteiger partial charge in [-0.25, -0.2) is 9.37 Å². The summed E-state index contributed by atoms with van der Waals surface area (Å²) in [5.74, 6) is -0.271. The molecule has 3 rings (SSSR count). The minimum Gasteiger partial charge on any atom is -0.380 e. The first-order valence-electron chi connectivity index (χ1n) is 7.64. The lowest BCUT2D eigenvalue weighted by Gasteiger charge is -2.31. The first-order chi connectivity index (χ1) is 11.1. The predicted molar refractivity (Wildman–Crippen MR) is 88.2 cm³/mol. The number of hydrogen-bond acceptors (Lipinski definition) is 4. The lowest BCUT2D eigenvalue weighted by molar-refractivity contribution is 0.0271. The van der Waals surface area contributed by atoms with Crippen LogP contribution in [0, 0.1) is 12.7 Å². The van der Waals surface area contributed by atoms with Crippen LogP contribution in [0.1, 0.15) is 28.2 Å². The van der Waals surface area contributed by atoms with Crippen molar-refractivity contribution in [3.8, 4) is 10.6 Å². The molecule has 1 saturated heterocycles. The monoisotopic (exact) mass is 334 g/mol. The van der Waals surface area contributed by atoms with Crippen LogP contribution in [-0.4, -0.2) is 42.1 Å². The van der Waals surface area contributed by atoms with Crippen molar-refractivity contribution in [2.24, 2.45) is 0 Å². The molecule has 122 valence electrons. The topological polar surface area (TPSA) is 42.4 Å². The molecular formula is C17H19FN2O2S. The van der Waals surface area contributed by atoms with Gasteiger partial charge in [-0.1, -0.05) is 0 Å². The highest BCUT2D eigenvalue weighted by Gasteiger charge is 2.27.